The Balaban J connectivity index is 1.64. The monoisotopic (exact) mass is 485 g/mol. The van der Waals surface area contributed by atoms with Crippen molar-refractivity contribution >= 4 is 55.0 Å². The van der Waals surface area contributed by atoms with Gasteiger partial charge in [0.05, 0.1) is 14.3 Å². The van der Waals surface area contributed by atoms with Crippen LogP contribution in [0.1, 0.15) is 5.56 Å². The number of sulfonamides is 1. The molecular weight excluding hydrogens is 470 g/mol. The fourth-order valence-corrected chi connectivity index (χ4v) is 6.36. The van der Waals surface area contributed by atoms with Crippen molar-refractivity contribution < 1.29 is 18.1 Å². The minimum absolute atomic E-state index is 0.0791. The van der Waals surface area contributed by atoms with E-state index in [-0.39, 0.29) is 42.0 Å². The molecule has 0 radical (unpaired) electrons. The second-order valence-corrected chi connectivity index (χ2v) is 10.6. The number of carbonyl (C=O) groups is 1. The zero-order valence-electron chi connectivity index (χ0n) is 14.5. The lowest BCUT2D eigenvalue weighted by molar-refractivity contribution is -0.385. The maximum absolute atomic E-state index is 12.6. The number of hydrogen-bond acceptors (Lipinski definition) is 6. The molecule has 1 aromatic carbocycles. The van der Waals surface area contributed by atoms with Crippen LogP contribution in [0, 0.1) is 10.1 Å². The van der Waals surface area contributed by atoms with Gasteiger partial charge in [-0.15, -0.1) is 11.3 Å². The van der Waals surface area contributed by atoms with E-state index in [4.69, 9.17) is 0 Å². The second kappa shape index (κ2) is 8.52. The molecule has 0 N–H and O–H groups in total. The first-order chi connectivity index (χ1) is 13.3. The van der Waals surface area contributed by atoms with Crippen molar-refractivity contribution in [1.82, 2.24) is 9.21 Å². The minimum atomic E-state index is -3.57. The third-order valence-corrected chi connectivity index (χ3v) is 8.22. The predicted molar refractivity (Wildman–Crippen MR) is 109 cm³/mol. The molecule has 3 rings (SSSR count). The standard InChI is InChI=1S/C17H16BrN3O5S2/c18-15-6-8-17(27-15)28(25,26)20-11-9-19(10-12-20)16(22)7-5-13-3-1-2-4-14(13)21(23)24/h1-8H,9-12H2/b7-5+. The summed E-state index contributed by atoms with van der Waals surface area (Å²) < 4.78 is 27.6. The van der Waals surface area contributed by atoms with E-state index in [1.165, 1.54) is 27.4 Å². The van der Waals surface area contributed by atoms with E-state index in [1.807, 2.05) is 0 Å². The minimum Gasteiger partial charge on any atom is -0.337 e. The Hall–Kier alpha value is -2.08. The first-order valence-corrected chi connectivity index (χ1v) is 11.3. The van der Waals surface area contributed by atoms with Crippen LogP contribution in [0.5, 0.6) is 0 Å². The Morgan fingerprint density at radius 1 is 1.14 bits per heavy atom. The lowest BCUT2D eigenvalue weighted by atomic mass is 10.1. The maximum atomic E-state index is 12.6. The van der Waals surface area contributed by atoms with E-state index in [9.17, 15) is 23.3 Å². The largest absolute Gasteiger partial charge is 0.337 e. The summed E-state index contributed by atoms with van der Waals surface area (Å²) in [6.45, 7) is 0.906. The number of nitro benzene ring substituents is 1. The third kappa shape index (κ3) is 4.49. The van der Waals surface area contributed by atoms with Crippen LogP contribution in [0.2, 0.25) is 0 Å². The number of halogens is 1. The summed E-state index contributed by atoms with van der Waals surface area (Å²) >= 11 is 4.41. The van der Waals surface area contributed by atoms with E-state index in [1.54, 1.807) is 30.3 Å². The third-order valence-electron chi connectivity index (χ3n) is 4.23. The summed E-state index contributed by atoms with van der Waals surface area (Å²) in [5, 5.41) is 11.0. The Kier molecular flexibility index (Phi) is 6.28. The molecule has 2 heterocycles. The number of nitrogens with zero attached hydrogens (tertiary/aromatic N) is 3. The lowest BCUT2D eigenvalue weighted by Gasteiger charge is -2.33. The van der Waals surface area contributed by atoms with Gasteiger partial charge in [0, 0.05) is 38.3 Å². The molecule has 148 valence electrons. The molecule has 28 heavy (non-hydrogen) atoms. The summed E-state index contributed by atoms with van der Waals surface area (Å²) in [7, 11) is -3.57. The number of thiophene rings is 1. The van der Waals surface area contributed by atoms with Crippen molar-refractivity contribution in [3.05, 3.63) is 61.9 Å². The maximum Gasteiger partial charge on any atom is 0.276 e. The lowest BCUT2D eigenvalue weighted by Crippen LogP contribution is -2.50. The highest BCUT2D eigenvalue weighted by atomic mass is 79.9. The second-order valence-electron chi connectivity index (χ2n) is 5.94. The summed E-state index contributed by atoms with van der Waals surface area (Å²) in [4.78, 5) is 24.4. The van der Waals surface area contributed by atoms with Gasteiger partial charge in [-0.05, 0) is 40.2 Å². The Bertz CT molecular complexity index is 1030. The molecule has 1 fully saturated rings. The zero-order chi connectivity index (χ0) is 20.3. The SMILES string of the molecule is O=C(/C=C/c1ccccc1[N+](=O)[O-])N1CCN(S(=O)(=O)c2ccc(Br)s2)CC1. The van der Waals surface area contributed by atoms with Crippen LogP contribution in [0.3, 0.4) is 0 Å². The first-order valence-electron chi connectivity index (χ1n) is 8.25. The van der Waals surface area contributed by atoms with Gasteiger partial charge in [-0.1, -0.05) is 12.1 Å². The number of piperazine rings is 1. The number of para-hydroxylation sites is 1. The number of rotatable bonds is 5. The van der Waals surface area contributed by atoms with Gasteiger partial charge in [0.2, 0.25) is 5.91 Å². The molecular formula is C17H16BrN3O5S2. The number of benzene rings is 1. The fourth-order valence-electron chi connectivity index (χ4n) is 2.77. The van der Waals surface area contributed by atoms with Crippen molar-refractivity contribution in [3.63, 3.8) is 0 Å². The topological polar surface area (TPSA) is 101 Å². The van der Waals surface area contributed by atoms with Crippen molar-refractivity contribution in [2.24, 2.45) is 0 Å². The van der Waals surface area contributed by atoms with Crippen molar-refractivity contribution in [1.29, 1.82) is 0 Å². The fraction of sp³-hybridized carbons (Fsp3) is 0.235. The molecule has 11 heteroatoms. The van der Waals surface area contributed by atoms with Gasteiger partial charge in [-0.2, -0.15) is 4.31 Å². The Morgan fingerprint density at radius 3 is 2.43 bits per heavy atom. The zero-order valence-corrected chi connectivity index (χ0v) is 17.7. The highest BCUT2D eigenvalue weighted by Crippen LogP contribution is 2.29. The highest BCUT2D eigenvalue weighted by molar-refractivity contribution is 9.11. The summed E-state index contributed by atoms with van der Waals surface area (Å²) in [6, 6.07) is 9.39. The van der Waals surface area contributed by atoms with E-state index >= 15 is 0 Å². The van der Waals surface area contributed by atoms with Gasteiger partial charge in [0.15, 0.2) is 0 Å². The molecule has 2 aromatic rings. The van der Waals surface area contributed by atoms with Crippen molar-refractivity contribution in [2.75, 3.05) is 26.2 Å². The number of hydrogen-bond donors (Lipinski definition) is 0. The van der Waals surface area contributed by atoms with E-state index in [2.05, 4.69) is 15.9 Å². The van der Waals surface area contributed by atoms with E-state index < -0.39 is 14.9 Å². The van der Waals surface area contributed by atoms with Gasteiger partial charge in [0.1, 0.15) is 4.21 Å². The van der Waals surface area contributed by atoms with E-state index in [0.717, 1.165) is 15.1 Å². The smallest absolute Gasteiger partial charge is 0.276 e. The van der Waals surface area contributed by atoms with Crippen LogP contribution in [0.25, 0.3) is 6.08 Å². The summed E-state index contributed by atoms with van der Waals surface area (Å²) in [6.07, 6.45) is 2.69. The van der Waals surface area contributed by atoms with Crippen LogP contribution in [0.15, 0.2) is 50.5 Å². The van der Waals surface area contributed by atoms with Crippen LogP contribution < -0.4 is 0 Å². The number of carbonyl (C=O) groups excluding carboxylic acids is 1. The number of nitro groups is 1. The first kappa shape index (κ1) is 20.6. The number of amides is 1. The van der Waals surface area contributed by atoms with Gasteiger partial charge in [-0.25, -0.2) is 8.42 Å². The average Bonchev–Trinajstić information content (AvgIpc) is 3.13. The normalized spacial score (nSPS) is 15.8. The average molecular weight is 486 g/mol. The quantitative estimate of drug-likeness (QED) is 0.368. The summed E-state index contributed by atoms with van der Waals surface area (Å²) in [5.41, 5.74) is 0.259. The molecule has 0 unspecified atom stereocenters. The van der Waals surface area contributed by atoms with Crippen LogP contribution >= 0.6 is 27.3 Å². The molecule has 1 saturated heterocycles. The highest BCUT2D eigenvalue weighted by Gasteiger charge is 2.30. The van der Waals surface area contributed by atoms with Crippen LogP contribution in [0.4, 0.5) is 5.69 Å². The molecule has 0 spiro atoms. The van der Waals surface area contributed by atoms with Crippen LogP contribution in [-0.2, 0) is 14.8 Å². The summed E-state index contributed by atoms with van der Waals surface area (Å²) in [5.74, 6) is -0.311. The van der Waals surface area contributed by atoms with Gasteiger partial charge < -0.3 is 4.90 Å². The van der Waals surface area contributed by atoms with Crippen LogP contribution in [-0.4, -0.2) is 54.6 Å². The molecule has 1 aromatic heterocycles. The Morgan fingerprint density at radius 2 is 1.82 bits per heavy atom. The Labute approximate surface area is 174 Å². The van der Waals surface area contributed by atoms with Gasteiger partial charge in [-0.3, -0.25) is 14.9 Å². The van der Waals surface area contributed by atoms with E-state index in [0.29, 0.717) is 5.56 Å². The van der Waals surface area contributed by atoms with Crippen molar-refractivity contribution in [3.8, 4) is 0 Å². The van der Waals surface area contributed by atoms with Gasteiger partial charge in [0.25, 0.3) is 15.7 Å². The molecule has 0 atom stereocenters. The predicted octanol–water partition coefficient (Wildman–Crippen LogP) is 2.97. The molecule has 1 aliphatic rings. The molecule has 1 amide bonds. The molecule has 8 nitrogen and oxygen atoms in total. The molecule has 0 saturated carbocycles. The molecule has 1 aliphatic heterocycles. The molecule has 0 bridgehead atoms. The van der Waals surface area contributed by atoms with Gasteiger partial charge >= 0.3 is 0 Å². The van der Waals surface area contributed by atoms with Crippen molar-refractivity contribution in [2.45, 2.75) is 4.21 Å². The molecule has 0 aliphatic carbocycles.